The Kier molecular flexibility index (Phi) is 3.67. The van der Waals surface area contributed by atoms with Gasteiger partial charge in [-0.2, -0.15) is 0 Å². The van der Waals surface area contributed by atoms with E-state index in [2.05, 4.69) is 41.7 Å². The first kappa shape index (κ1) is 10.8. The smallest absolute Gasteiger partial charge is 0.0658 e. The Morgan fingerprint density at radius 1 is 0.875 bits per heavy atom. The highest BCUT2D eigenvalue weighted by atomic mass is 32.1. The third kappa shape index (κ3) is 2.91. The Hall–Kier alpha value is -1.67. The maximum atomic E-state index is 4.74. The van der Waals surface area contributed by atoms with E-state index < -0.39 is 0 Å². The summed E-state index contributed by atoms with van der Waals surface area (Å²) in [6.07, 6.45) is 0.971. The Morgan fingerprint density at radius 3 is 2.12 bits per heavy atom. The van der Waals surface area contributed by atoms with Crippen molar-refractivity contribution in [3.05, 3.63) is 65.7 Å². The molecule has 0 saturated carbocycles. The van der Waals surface area contributed by atoms with E-state index in [1.54, 1.807) is 0 Å². The molecule has 0 radical (unpaired) electrons. The van der Waals surface area contributed by atoms with E-state index in [0.717, 1.165) is 12.1 Å². The maximum Gasteiger partial charge on any atom is 0.0658 e. The molecule has 0 aliphatic rings. The SMILES string of the molecule is S=CNc1ccc(Cc2ccccc2)cc1. The molecule has 1 N–H and O–H groups in total. The molecule has 0 saturated heterocycles. The van der Waals surface area contributed by atoms with Crippen molar-refractivity contribution < 1.29 is 0 Å². The highest BCUT2D eigenvalue weighted by molar-refractivity contribution is 7.79. The second-order valence-corrected chi connectivity index (χ2v) is 3.86. The molecule has 0 unspecified atom stereocenters. The van der Waals surface area contributed by atoms with Crippen LogP contribution in [-0.2, 0) is 6.42 Å². The van der Waals surface area contributed by atoms with Crippen LogP contribution in [0.15, 0.2) is 54.6 Å². The summed E-state index contributed by atoms with van der Waals surface area (Å²) in [5.74, 6) is 0. The Bertz CT molecular complexity index is 448. The molecule has 2 aromatic carbocycles. The van der Waals surface area contributed by atoms with E-state index in [0.29, 0.717) is 0 Å². The molecule has 2 rings (SSSR count). The number of hydrogen-bond acceptors (Lipinski definition) is 1. The van der Waals surface area contributed by atoms with Crippen molar-refractivity contribution in [3.63, 3.8) is 0 Å². The first-order valence-corrected chi connectivity index (χ1v) is 5.68. The predicted molar refractivity (Wildman–Crippen MR) is 73.0 cm³/mol. The minimum atomic E-state index is 0.971. The second kappa shape index (κ2) is 5.42. The molecule has 1 nitrogen and oxygen atoms in total. The lowest BCUT2D eigenvalue weighted by Gasteiger charge is -2.03. The van der Waals surface area contributed by atoms with E-state index in [4.69, 9.17) is 12.2 Å². The van der Waals surface area contributed by atoms with Gasteiger partial charge in [-0.15, -0.1) is 0 Å². The number of benzene rings is 2. The molecule has 0 bridgehead atoms. The minimum Gasteiger partial charge on any atom is -0.353 e. The van der Waals surface area contributed by atoms with E-state index in [9.17, 15) is 0 Å². The van der Waals surface area contributed by atoms with Gasteiger partial charge in [-0.3, -0.25) is 0 Å². The molecule has 0 atom stereocenters. The van der Waals surface area contributed by atoms with Gasteiger partial charge in [0.05, 0.1) is 5.49 Å². The molecule has 0 amide bonds. The van der Waals surface area contributed by atoms with Crippen LogP contribution in [0.25, 0.3) is 0 Å². The zero-order valence-corrected chi connectivity index (χ0v) is 9.71. The van der Waals surface area contributed by atoms with Crippen LogP contribution in [0.3, 0.4) is 0 Å². The van der Waals surface area contributed by atoms with E-state index in [1.807, 2.05) is 18.2 Å². The van der Waals surface area contributed by atoms with Gasteiger partial charge in [0.2, 0.25) is 0 Å². The highest BCUT2D eigenvalue weighted by Gasteiger charge is 1.95. The Labute approximate surface area is 101 Å². The quantitative estimate of drug-likeness (QED) is 0.800. The zero-order chi connectivity index (χ0) is 11.2. The van der Waals surface area contributed by atoms with E-state index in [1.165, 1.54) is 16.6 Å². The van der Waals surface area contributed by atoms with Crippen LogP contribution in [-0.4, -0.2) is 5.49 Å². The Morgan fingerprint density at radius 2 is 1.50 bits per heavy atom. The van der Waals surface area contributed by atoms with E-state index in [-0.39, 0.29) is 0 Å². The van der Waals surface area contributed by atoms with Gasteiger partial charge in [0.15, 0.2) is 0 Å². The number of anilines is 1. The third-order valence-corrected chi connectivity index (χ3v) is 2.55. The zero-order valence-electron chi connectivity index (χ0n) is 8.89. The van der Waals surface area contributed by atoms with Gasteiger partial charge in [0.25, 0.3) is 0 Å². The predicted octanol–water partition coefficient (Wildman–Crippen LogP) is 3.65. The van der Waals surface area contributed by atoms with Gasteiger partial charge in [-0.05, 0) is 29.7 Å². The largest absolute Gasteiger partial charge is 0.353 e. The van der Waals surface area contributed by atoms with Crippen molar-refractivity contribution in [3.8, 4) is 0 Å². The van der Waals surface area contributed by atoms with Crippen molar-refractivity contribution in [1.82, 2.24) is 0 Å². The van der Waals surface area contributed by atoms with E-state index >= 15 is 0 Å². The van der Waals surface area contributed by atoms with Crippen LogP contribution < -0.4 is 5.32 Å². The molecule has 80 valence electrons. The van der Waals surface area contributed by atoms with Crippen LogP contribution in [0.2, 0.25) is 0 Å². The fourth-order valence-electron chi connectivity index (χ4n) is 1.62. The fraction of sp³-hybridized carbons (Fsp3) is 0.0714. The third-order valence-electron chi connectivity index (χ3n) is 2.43. The molecule has 0 aromatic heterocycles. The summed E-state index contributed by atoms with van der Waals surface area (Å²) in [7, 11) is 0. The first-order chi connectivity index (χ1) is 7.88. The maximum absolute atomic E-state index is 4.74. The lowest BCUT2D eigenvalue weighted by atomic mass is 10.1. The van der Waals surface area contributed by atoms with Crippen LogP contribution >= 0.6 is 12.2 Å². The summed E-state index contributed by atoms with van der Waals surface area (Å²) < 4.78 is 0. The number of thiocarbonyl (C=S) groups is 1. The van der Waals surface area contributed by atoms with Crippen molar-refractivity contribution in [2.24, 2.45) is 0 Å². The normalized spacial score (nSPS) is 9.75. The summed E-state index contributed by atoms with van der Waals surface area (Å²) in [5, 5.41) is 2.99. The minimum absolute atomic E-state index is 0.971. The second-order valence-electron chi connectivity index (χ2n) is 3.62. The van der Waals surface area contributed by atoms with Gasteiger partial charge in [0, 0.05) is 5.69 Å². The molecule has 0 heterocycles. The van der Waals surface area contributed by atoms with Crippen molar-refractivity contribution in [2.45, 2.75) is 6.42 Å². The van der Waals surface area contributed by atoms with Crippen molar-refractivity contribution >= 4 is 23.4 Å². The van der Waals surface area contributed by atoms with Crippen LogP contribution in [0.1, 0.15) is 11.1 Å². The average Bonchev–Trinajstić information content (AvgIpc) is 2.33. The molecule has 0 spiro atoms. The molecule has 0 aliphatic carbocycles. The van der Waals surface area contributed by atoms with Crippen LogP contribution in [0, 0.1) is 0 Å². The highest BCUT2D eigenvalue weighted by Crippen LogP contribution is 2.12. The number of nitrogens with one attached hydrogen (secondary N) is 1. The molecular formula is C14H13NS. The lowest BCUT2D eigenvalue weighted by Crippen LogP contribution is -1.92. The lowest BCUT2D eigenvalue weighted by molar-refractivity contribution is 1.19. The molecule has 2 heteroatoms. The van der Waals surface area contributed by atoms with Crippen molar-refractivity contribution in [1.29, 1.82) is 0 Å². The number of rotatable bonds is 4. The summed E-state index contributed by atoms with van der Waals surface area (Å²) in [6.45, 7) is 0. The molecule has 0 aliphatic heterocycles. The summed E-state index contributed by atoms with van der Waals surface area (Å²) >= 11 is 4.74. The van der Waals surface area contributed by atoms with Gasteiger partial charge in [-0.25, -0.2) is 0 Å². The average molecular weight is 227 g/mol. The summed E-state index contributed by atoms with van der Waals surface area (Å²) in [6, 6.07) is 18.8. The van der Waals surface area contributed by atoms with Gasteiger partial charge >= 0.3 is 0 Å². The molecular weight excluding hydrogens is 214 g/mol. The first-order valence-electron chi connectivity index (χ1n) is 5.21. The number of hydrogen-bond donors (Lipinski definition) is 1. The van der Waals surface area contributed by atoms with Crippen LogP contribution in [0.4, 0.5) is 5.69 Å². The van der Waals surface area contributed by atoms with Gasteiger partial charge in [-0.1, -0.05) is 54.7 Å². The van der Waals surface area contributed by atoms with Crippen molar-refractivity contribution in [2.75, 3.05) is 5.32 Å². The van der Waals surface area contributed by atoms with Crippen LogP contribution in [0.5, 0.6) is 0 Å². The summed E-state index contributed by atoms with van der Waals surface area (Å²) in [5.41, 5.74) is 5.19. The standard InChI is InChI=1S/C14H13NS/c16-11-15-14-8-6-13(7-9-14)10-12-4-2-1-3-5-12/h1-9,11H,10H2,(H,15,16). The monoisotopic (exact) mass is 227 g/mol. The van der Waals surface area contributed by atoms with Gasteiger partial charge in [0.1, 0.15) is 0 Å². The molecule has 2 aromatic rings. The molecule has 16 heavy (non-hydrogen) atoms. The fourth-order valence-corrected chi connectivity index (χ4v) is 1.75. The molecule has 0 fully saturated rings. The topological polar surface area (TPSA) is 12.0 Å². The Balaban J connectivity index is 2.08. The summed E-state index contributed by atoms with van der Waals surface area (Å²) in [4.78, 5) is 0. The van der Waals surface area contributed by atoms with Gasteiger partial charge < -0.3 is 5.32 Å².